The first-order valence-electron chi connectivity index (χ1n) is 7.37. The van der Waals surface area contributed by atoms with Crippen molar-refractivity contribution in [3.8, 4) is 0 Å². The monoisotopic (exact) mass is 306 g/mol. The maximum absolute atomic E-state index is 11.7. The van der Waals surface area contributed by atoms with Crippen LogP contribution in [0.2, 0.25) is 0 Å². The summed E-state index contributed by atoms with van der Waals surface area (Å²) in [5.41, 5.74) is 6.42. The molecule has 0 bridgehead atoms. The summed E-state index contributed by atoms with van der Waals surface area (Å²) in [6.07, 6.45) is 0.338. The zero-order chi connectivity index (χ0) is 15.8. The molecule has 7 nitrogen and oxygen atoms in total. The number of hydrogen-bond donors (Lipinski definition) is 3. The molecule has 0 unspecified atom stereocenters. The second kappa shape index (κ2) is 8.35. The van der Waals surface area contributed by atoms with Crippen LogP contribution in [0, 0.1) is 6.92 Å². The van der Waals surface area contributed by atoms with Gasteiger partial charge in [-0.1, -0.05) is 18.2 Å². The first-order chi connectivity index (χ1) is 10.6. The number of amides is 3. The van der Waals surface area contributed by atoms with Gasteiger partial charge in [0.15, 0.2) is 0 Å². The number of carbonyl (C=O) groups is 2. The first kappa shape index (κ1) is 16.3. The Hall–Kier alpha value is -2.12. The minimum atomic E-state index is -0.464. The van der Waals surface area contributed by atoms with E-state index in [0.717, 1.165) is 18.7 Å². The molecule has 0 atom stereocenters. The molecule has 1 aromatic rings. The zero-order valence-electron chi connectivity index (χ0n) is 12.7. The van der Waals surface area contributed by atoms with E-state index in [9.17, 15) is 9.59 Å². The second-order valence-corrected chi connectivity index (χ2v) is 5.15. The lowest BCUT2D eigenvalue weighted by molar-refractivity contribution is -0.122. The van der Waals surface area contributed by atoms with Crippen LogP contribution in [0.5, 0.6) is 0 Å². The number of nitrogens with one attached hydrogen (secondary N) is 3. The van der Waals surface area contributed by atoms with Gasteiger partial charge in [-0.25, -0.2) is 10.2 Å². The van der Waals surface area contributed by atoms with Crippen molar-refractivity contribution in [1.29, 1.82) is 0 Å². The van der Waals surface area contributed by atoms with Crippen LogP contribution in [0.25, 0.3) is 0 Å². The highest BCUT2D eigenvalue weighted by Crippen LogP contribution is 2.12. The highest BCUT2D eigenvalue weighted by molar-refractivity contribution is 5.91. The maximum Gasteiger partial charge on any atom is 0.337 e. The standard InChI is InChI=1S/C15H22N4O3/c1-12-4-2-3-5-13(12)16-15(21)18-17-14(20)6-7-19-8-10-22-11-9-19/h2-5H,6-11H2,1H3,(H,17,20)(H2,16,18,21). The van der Waals surface area contributed by atoms with Crippen molar-refractivity contribution in [2.45, 2.75) is 13.3 Å². The van der Waals surface area contributed by atoms with Gasteiger partial charge in [0, 0.05) is 31.7 Å². The van der Waals surface area contributed by atoms with Crippen molar-refractivity contribution in [1.82, 2.24) is 15.8 Å². The minimum Gasteiger partial charge on any atom is -0.379 e. The van der Waals surface area contributed by atoms with E-state index < -0.39 is 6.03 Å². The molecule has 120 valence electrons. The van der Waals surface area contributed by atoms with Crippen molar-refractivity contribution in [3.63, 3.8) is 0 Å². The summed E-state index contributed by atoms with van der Waals surface area (Å²) in [5.74, 6) is -0.216. The van der Waals surface area contributed by atoms with Crippen LogP contribution in [-0.4, -0.2) is 49.7 Å². The van der Waals surface area contributed by atoms with Crippen LogP contribution in [0.1, 0.15) is 12.0 Å². The summed E-state index contributed by atoms with van der Waals surface area (Å²) in [4.78, 5) is 25.6. The number of nitrogens with zero attached hydrogens (tertiary/aromatic N) is 1. The first-order valence-corrected chi connectivity index (χ1v) is 7.37. The molecule has 1 saturated heterocycles. The third-order valence-electron chi connectivity index (χ3n) is 3.47. The molecule has 0 aliphatic carbocycles. The predicted molar refractivity (Wildman–Crippen MR) is 83.4 cm³/mol. The van der Waals surface area contributed by atoms with Crippen molar-refractivity contribution in [3.05, 3.63) is 29.8 Å². The Morgan fingerprint density at radius 2 is 1.91 bits per heavy atom. The second-order valence-electron chi connectivity index (χ2n) is 5.15. The molecule has 2 rings (SSSR count). The Kier molecular flexibility index (Phi) is 6.17. The lowest BCUT2D eigenvalue weighted by Gasteiger charge is -2.26. The smallest absolute Gasteiger partial charge is 0.337 e. The molecule has 22 heavy (non-hydrogen) atoms. The number of hydrazine groups is 1. The van der Waals surface area contributed by atoms with E-state index in [1.54, 1.807) is 6.07 Å². The number of urea groups is 1. The molecule has 1 aromatic carbocycles. The van der Waals surface area contributed by atoms with Crippen LogP contribution in [-0.2, 0) is 9.53 Å². The van der Waals surface area contributed by atoms with Gasteiger partial charge in [0.2, 0.25) is 5.91 Å². The molecule has 0 saturated carbocycles. The van der Waals surface area contributed by atoms with Crippen molar-refractivity contribution >= 4 is 17.6 Å². The largest absolute Gasteiger partial charge is 0.379 e. The van der Waals surface area contributed by atoms with E-state index in [-0.39, 0.29) is 5.91 Å². The SMILES string of the molecule is Cc1ccccc1NC(=O)NNC(=O)CCN1CCOCC1. The van der Waals surface area contributed by atoms with E-state index in [2.05, 4.69) is 21.1 Å². The van der Waals surface area contributed by atoms with Crippen molar-refractivity contribution < 1.29 is 14.3 Å². The zero-order valence-corrected chi connectivity index (χ0v) is 12.7. The van der Waals surface area contributed by atoms with Crippen LogP contribution in [0.15, 0.2) is 24.3 Å². The van der Waals surface area contributed by atoms with Gasteiger partial charge >= 0.3 is 6.03 Å². The topological polar surface area (TPSA) is 82.7 Å². The fourth-order valence-corrected chi connectivity index (χ4v) is 2.14. The molecule has 3 amide bonds. The van der Waals surface area contributed by atoms with Gasteiger partial charge in [-0.05, 0) is 18.6 Å². The minimum absolute atomic E-state index is 0.216. The Balaban J connectivity index is 1.65. The third kappa shape index (κ3) is 5.34. The molecule has 3 N–H and O–H groups in total. The molecule has 0 spiro atoms. The molecule has 7 heteroatoms. The van der Waals surface area contributed by atoms with Gasteiger partial charge in [-0.2, -0.15) is 0 Å². The highest BCUT2D eigenvalue weighted by atomic mass is 16.5. The summed E-state index contributed by atoms with van der Waals surface area (Å²) in [6.45, 7) is 5.66. The van der Waals surface area contributed by atoms with Gasteiger partial charge < -0.3 is 10.1 Å². The number of para-hydroxylation sites is 1. The molecule has 0 radical (unpaired) electrons. The summed E-state index contributed by atoms with van der Waals surface area (Å²) in [5, 5.41) is 2.68. The maximum atomic E-state index is 11.7. The lowest BCUT2D eigenvalue weighted by Crippen LogP contribution is -2.45. The van der Waals surface area contributed by atoms with Gasteiger partial charge in [-0.15, -0.1) is 0 Å². The molecule has 1 aliphatic heterocycles. The summed E-state index contributed by atoms with van der Waals surface area (Å²) in [6, 6.07) is 6.97. The van der Waals surface area contributed by atoms with Gasteiger partial charge in [0.05, 0.1) is 13.2 Å². The fourth-order valence-electron chi connectivity index (χ4n) is 2.14. The molecule has 0 aromatic heterocycles. The van der Waals surface area contributed by atoms with Crippen molar-refractivity contribution in [2.75, 3.05) is 38.2 Å². The Bertz CT molecular complexity index is 515. The molecule has 1 aliphatic rings. The van der Waals surface area contributed by atoms with Crippen LogP contribution < -0.4 is 16.2 Å². The quantitative estimate of drug-likeness (QED) is 0.721. The molecular weight excluding hydrogens is 284 g/mol. The normalized spacial score (nSPS) is 15.1. The van der Waals surface area contributed by atoms with E-state index >= 15 is 0 Å². The number of benzene rings is 1. The third-order valence-corrected chi connectivity index (χ3v) is 3.47. The van der Waals surface area contributed by atoms with E-state index in [4.69, 9.17) is 4.74 Å². The average molecular weight is 306 g/mol. The average Bonchev–Trinajstić information content (AvgIpc) is 2.54. The molecule has 1 fully saturated rings. The lowest BCUT2D eigenvalue weighted by atomic mass is 10.2. The van der Waals surface area contributed by atoms with Gasteiger partial charge in [0.25, 0.3) is 0 Å². The van der Waals surface area contributed by atoms with E-state index in [1.165, 1.54) is 0 Å². The van der Waals surface area contributed by atoms with E-state index in [1.807, 2.05) is 25.1 Å². The van der Waals surface area contributed by atoms with Crippen LogP contribution in [0.4, 0.5) is 10.5 Å². The van der Waals surface area contributed by atoms with Gasteiger partial charge in [-0.3, -0.25) is 15.1 Å². The summed E-state index contributed by atoms with van der Waals surface area (Å²) < 4.78 is 5.24. The number of anilines is 1. The van der Waals surface area contributed by atoms with Crippen LogP contribution in [0.3, 0.4) is 0 Å². The number of carbonyl (C=O) groups excluding carboxylic acids is 2. The number of aryl methyl sites for hydroxylation is 1. The Morgan fingerprint density at radius 3 is 2.64 bits per heavy atom. The predicted octanol–water partition coefficient (Wildman–Crippen LogP) is 0.870. The Labute approximate surface area is 130 Å². The summed E-state index contributed by atoms with van der Waals surface area (Å²) >= 11 is 0. The summed E-state index contributed by atoms with van der Waals surface area (Å²) in [7, 11) is 0. The number of ether oxygens (including phenoxy) is 1. The molecule has 1 heterocycles. The number of rotatable bonds is 4. The number of morpholine rings is 1. The molecular formula is C15H22N4O3. The fraction of sp³-hybridized carbons (Fsp3) is 0.467. The van der Waals surface area contributed by atoms with E-state index in [0.29, 0.717) is 31.9 Å². The Morgan fingerprint density at radius 1 is 1.18 bits per heavy atom. The highest BCUT2D eigenvalue weighted by Gasteiger charge is 2.12. The van der Waals surface area contributed by atoms with Gasteiger partial charge in [0.1, 0.15) is 0 Å². The number of hydrogen-bond acceptors (Lipinski definition) is 4. The van der Waals surface area contributed by atoms with Crippen LogP contribution >= 0.6 is 0 Å². The van der Waals surface area contributed by atoms with Crippen molar-refractivity contribution in [2.24, 2.45) is 0 Å².